The van der Waals surface area contributed by atoms with Crippen molar-refractivity contribution in [1.29, 1.82) is 0 Å². The average Bonchev–Trinajstić information content (AvgIpc) is 3.01. The molecule has 0 aliphatic heterocycles. The molecule has 4 rings (SSSR count). The molecule has 0 aliphatic rings. The molecule has 0 fully saturated rings. The predicted molar refractivity (Wildman–Crippen MR) is 113 cm³/mol. The molecule has 0 atom stereocenters. The maximum Gasteiger partial charge on any atom is 0.281 e. The molecule has 0 radical (unpaired) electrons. The first-order valence-corrected chi connectivity index (χ1v) is 9.53. The summed E-state index contributed by atoms with van der Waals surface area (Å²) in [6, 6.07) is 19.2. The summed E-state index contributed by atoms with van der Waals surface area (Å²) in [7, 11) is 1.64. The largest absolute Gasteiger partial charge is 0.497 e. The van der Waals surface area contributed by atoms with E-state index in [0.717, 1.165) is 28.3 Å². The second kappa shape index (κ2) is 7.93. The fourth-order valence-corrected chi connectivity index (χ4v) is 3.60. The van der Waals surface area contributed by atoms with E-state index in [1.54, 1.807) is 11.8 Å². The third kappa shape index (κ3) is 3.54. The van der Waals surface area contributed by atoms with Crippen molar-refractivity contribution in [3.8, 4) is 11.4 Å². The Bertz CT molecular complexity index is 1190. The van der Waals surface area contributed by atoms with E-state index in [2.05, 4.69) is 0 Å². The summed E-state index contributed by atoms with van der Waals surface area (Å²) in [5.74, 6) is 0.783. The average molecular weight is 389 g/mol. The molecule has 6 nitrogen and oxygen atoms in total. The molecule has 1 N–H and O–H groups in total. The summed E-state index contributed by atoms with van der Waals surface area (Å²) < 4.78 is 8.83. The van der Waals surface area contributed by atoms with Gasteiger partial charge in [0.15, 0.2) is 5.65 Å². The number of fused-ring (bicyclic) bond motifs is 1. The fourth-order valence-electron chi connectivity index (χ4n) is 3.60. The lowest BCUT2D eigenvalue weighted by Crippen LogP contribution is -2.21. The molecule has 0 amide bonds. The Morgan fingerprint density at radius 2 is 1.79 bits per heavy atom. The van der Waals surface area contributed by atoms with Crippen LogP contribution in [-0.2, 0) is 13.0 Å². The number of para-hydroxylation sites is 1. The first-order chi connectivity index (χ1) is 14.1. The predicted octanol–water partition coefficient (Wildman–Crippen LogP) is 3.09. The first kappa shape index (κ1) is 19.0. The third-order valence-corrected chi connectivity index (χ3v) is 5.00. The van der Waals surface area contributed by atoms with Gasteiger partial charge in [0.1, 0.15) is 5.75 Å². The quantitative estimate of drug-likeness (QED) is 0.550. The number of methoxy groups -OCH3 is 1. The number of hydrogen-bond donors (Lipinski definition) is 1. The fraction of sp³-hybridized carbons (Fsp3) is 0.217. The van der Waals surface area contributed by atoms with Crippen LogP contribution in [0.15, 0.2) is 65.5 Å². The van der Waals surface area contributed by atoms with Crippen LogP contribution in [0.5, 0.6) is 5.75 Å². The van der Waals surface area contributed by atoms with Crippen molar-refractivity contribution in [3.05, 3.63) is 87.8 Å². The zero-order valence-corrected chi connectivity index (χ0v) is 16.5. The summed E-state index contributed by atoms with van der Waals surface area (Å²) in [6.07, 6.45) is 0.448. The van der Waals surface area contributed by atoms with E-state index < -0.39 is 0 Å². The van der Waals surface area contributed by atoms with Crippen molar-refractivity contribution in [1.82, 2.24) is 14.3 Å². The van der Waals surface area contributed by atoms with Crippen molar-refractivity contribution in [3.63, 3.8) is 0 Å². The number of hydrogen-bond acceptors (Lipinski definition) is 4. The summed E-state index contributed by atoms with van der Waals surface area (Å²) in [5, 5.41) is 9.95. The van der Waals surface area contributed by atoms with E-state index in [1.165, 1.54) is 0 Å². The van der Waals surface area contributed by atoms with Crippen LogP contribution in [0.25, 0.3) is 16.7 Å². The standard InChI is InChI=1S/C23H23N3O3/c1-16-14-18(12-13-27)24-22-21(16)23(28)26(19-6-4-3-5-7-19)25(22)15-17-8-10-20(29-2)11-9-17/h3-11,14,27H,12-13,15H2,1-2H3. The lowest BCUT2D eigenvalue weighted by Gasteiger charge is -2.13. The zero-order valence-electron chi connectivity index (χ0n) is 16.5. The van der Waals surface area contributed by atoms with Gasteiger partial charge in [0.25, 0.3) is 5.56 Å². The second-order valence-electron chi connectivity index (χ2n) is 6.96. The normalized spacial score (nSPS) is 11.1. The molecule has 0 spiro atoms. The van der Waals surface area contributed by atoms with Crippen LogP contribution in [0.4, 0.5) is 0 Å². The summed E-state index contributed by atoms with van der Waals surface area (Å²) >= 11 is 0. The van der Waals surface area contributed by atoms with Crippen LogP contribution in [0.1, 0.15) is 16.8 Å². The minimum absolute atomic E-state index is 0.0139. The number of benzene rings is 2. The topological polar surface area (TPSA) is 69.3 Å². The molecular weight excluding hydrogens is 366 g/mol. The van der Waals surface area contributed by atoms with Gasteiger partial charge in [-0.3, -0.25) is 9.48 Å². The number of aromatic nitrogens is 3. The van der Waals surface area contributed by atoms with E-state index in [9.17, 15) is 9.90 Å². The van der Waals surface area contributed by atoms with Gasteiger partial charge in [-0.05, 0) is 48.4 Å². The Kier molecular flexibility index (Phi) is 5.18. The number of nitrogens with zero attached hydrogens (tertiary/aromatic N) is 3. The summed E-state index contributed by atoms with van der Waals surface area (Å²) in [6.45, 7) is 2.41. The maximum atomic E-state index is 13.4. The van der Waals surface area contributed by atoms with Gasteiger partial charge < -0.3 is 9.84 Å². The Hall–Kier alpha value is -3.38. The highest BCUT2D eigenvalue weighted by atomic mass is 16.5. The van der Waals surface area contributed by atoms with Crippen LogP contribution in [-0.4, -0.2) is 33.2 Å². The van der Waals surface area contributed by atoms with Gasteiger partial charge in [-0.15, -0.1) is 0 Å². The van der Waals surface area contributed by atoms with Crippen LogP contribution in [0.2, 0.25) is 0 Å². The highest BCUT2D eigenvalue weighted by molar-refractivity contribution is 5.79. The Balaban J connectivity index is 1.96. The van der Waals surface area contributed by atoms with Gasteiger partial charge in [-0.2, -0.15) is 0 Å². The minimum Gasteiger partial charge on any atom is -0.497 e. The minimum atomic E-state index is -0.0970. The Labute approximate surface area is 168 Å². The van der Waals surface area contributed by atoms with E-state index in [0.29, 0.717) is 24.0 Å². The number of aliphatic hydroxyl groups is 1. The number of ether oxygens (including phenoxy) is 1. The molecule has 0 unspecified atom stereocenters. The molecule has 4 aromatic rings. The van der Waals surface area contributed by atoms with Crippen molar-refractivity contribution in [2.45, 2.75) is 19.9 Å². The molecule has 0 aliphatic carbocycles. The molecule has 2 aromatic carbocycles. The van der Waals surface area contributed by atoms with Gasteiger partial charge in [-0.1, -0.05) is 30.3 Å². The van der Waals surface area contributed by atoms with Gasteiger partial charge in [0, 0.05) is 18.7 Å². The van der Waals surface area contributed by atoms with Crippen molar-refractivity contribution in [2.24, 2.45) is 0 Å². The van der Waals surface area contributed by atoms with Gasteiger partial charge in [-0.25, -0.2) is 9.67 Å². The lowest BCUT2D eigenvalue weighted by atomic mass is 10.1. The van der Waals surface area contributed by atoms with Crippen molar-refractivity contribution >= 4 is 11.0 Å². The van der Waals surface area contributed by atoms with Crippen molar-refractivity contribution < 1.29 is 9.84 Å². The van der Waals surface area contributed by atoms with E-state index in [1.807, 2.05) is 72.3 Å². The lowest BCUT2D eigenvalue weighted by molar-refractivity contribution is 0.298. The van der Waals surface area contributed by atoms with E-state index in [4.69, 9.17) is 9.72 Å². The second-order valence-corrected chi connectivity index (χ2v) is 6.96. The molecule has 0 saturated carbocycles. The molecule has 148 valence electrons. The number of aryl methyl sites for hydroxylation is 1. The van der Waals surface area contributed by atoms with Crippen LogP contribution < -0.4 is 10.3 Å². The summed E-state index contributed by atoms with van der Waals surface area (Å²) in [4.78, 5) is 18.1. The maximum absolute atomic E-state index is 13.4. The summed E-state index contributed by atoms with van der Waals surface area (Å²) in [5.41, 5.74) is 3.97. The molecule has 0 saturated heterocycles. The van der Waals surface area contributed by atoms with Crippen molar-refractivity contribution in [2.75, 3.05) is 13.7 Å². The Morgan fingerprint density at radius 3 is 2.45 bits per heavy atom. The SMILES string of the molecule is COc1ccc(Cn2c3nc(CCO)cc(C)c3c(=O)n2-c2ccccc2)cc1. The molecule has 29 heavy (non-hydrogen) atoms. The van der Waals surface area contributed by atoms with Crippen LogP contribution in [0.3, 0.4) is 0 Å². The number of rotatable bonds is 6. The molecule has 2 heterocycles. The highest BCUT2D eigenvalue weighted by Crippen LogP contribution is 2.21. The zero-order chi connectivity index (χ0) is 20.4. The Morgan fingerprint density at radius 1 is 1.07 bits per heavy atom. The molecular formula is C23H23N3O3. The molecule has 2 aromatic heterocycles. The van der Waals surface area contributed by atoms with Crippen LogP contribution in [0, 0.1) is 6.92 Å². The molecule has 0 bridgehead atoms. The van der Waals surface area contributed by atoms with Gasteiger partial charge >= 0.3 is 0 Å². The van der Waals surface area contributed by atoms with Crippen LogP contribution >= 0.6 is 0 Å². The number of pyridine rings is 1. The third-order valence-electron chi connectivity index (χ3n) is 5.00. The smallest absolute Gasteiger partial charge is 0.281 e. The monoisotopic (exact) mass is 389 g/mol. The molecule has 6 heteroatoms. The number of aliphatic hydroxyl groups excluding tert-OH is 1. The first-order valence-electron chi connectivity index (χ1n) is 9.53. The van der Waals surface area contributed by atoms with E-state index >= 15 is 0 Å². The van der Waals surface area contributed by atoms with Gasteiger partial charge in [0.2, 0.25) is 0 Å². The highest BCUT2D eigenvalue weighted by Gasteiger charge is 2.19. The van der Waals surface area contributed by atoms with Gasteiger partial charge in [0.05, 0.1) is 24.7 Å². The van der Waals surface area contributed by atoms with E-state index in [-0.39, 0.29) is 12.2 Å².